The van der Waals surface area contributed by atoms with Crippen molar-refractivity contribution in [2.45, 2.75) is 19.4 Å². The maximum absolute atomic E-state index is 5.88. The number of rotatable bonds is 5. The summed E-state index contributed by atoms with van der Waals surface area (Å²) in [5.74, 6) is 1.04. The first-order valence-corrected chi connectivity index (χ1v) is 7.75. The van der Waals surface area contributed by atoms with Gasteiger partial charge in [0.15, 0.2) is 10.8 Å². The van der Waals surface area contributed by atoms with Crippen molar-refractivity contribution in [3.05, 3.63) is 17.3 Å². The van der Waals surface area contributed by atoms with Gasteiger partial charge in [-0.15, -0.1) is 11.3 Å². The number of hydrogen-bond acceptors (Lipinski definition) is 5. The number of imidazole rings is 1. The molecule has 3 heterocycles. The lowest BCUT2D eigenvalue weighted by Crippen LogP contribution is -2.32. The molecule has 1 aliphatic rings. The minimum Gasteiger partial charge on any atom is -0.357 e. The van der Waals surface area contributed by atoms with Crippen molar-refractivity contribution in [3.63, 3.8) is 0 Å². The second kappa shape index (κ2) is 5.48. The average molecular weight is 279 g/mol. The van der Waals surface area contributed by atoms with Gasteiger partial charge in [-0.3, -0.25) is 4.40 Å². The zero-order chi connectivity index (χ0) is 13.2. The lowest BCUT2D eigenvalue weighted by molar-refractivity contribution is 0.346. The quantitative estimate of drug-likeness (QED) is 0.898. The molecule has 2 N–H and O–H groups in total. The summed E-state index contributed by atoms with van der Waals surface area (Å²) in [5.41, 5.74) is 6.99. The first-order chi connectivity index (χ1) is 9.29. The molecular formula is C13H21N5S. The molecule has 1 saturated heterocycles. The first-order valence-electron chi connectivity index (χ1n) is 6.87. The molecule has 0 aliphatic carbocycles. The van der Waals surface area contributed by atoms with Crippen molar-refractivity contribution in [1.29, 1.82) is 0 Å². The van der Waals surface area contributed by atoms with Crippen molar-refractivity contribution in [2.24, 2.45) is 5.73 Å². The van der Waals surface area contributed by atoms with Gasteiger partial charge in [0.2, 0.25) is 0 Å². The fourth-order valence-electron chi connectivity index (χ4n) is 2.72. The third kappa shape index (κ3) is 2.48. The Kier molecular flexibility index (Phi) is 3.72. The smallest absolute Gasteiger partial charge is 0.195 e. The number of anilines is 1. The molecule has 0 spiro atoms. The summed E-state index contributed by atoms with van der Waals surface area (Å²) in [5, 5.41) is 2.05. The zero-order valence-corrected chi connectivity index (χ0v) is 12.2. The lowest BCUT2D eigenvalue weighted by atomic mass is 10.4. The summed E-state index contributed by atoms with van der Waals surface area (Å²) in [7, 11) is 2.11. The molecule has 0 saturated carbocycles. The molecular weight excluding hydrogens is 258 g/mol. The van der Waals surface area contributed by atoms with E-state index in [0.717, 1.165) is 29.6 Å². The molecule has 0 radical (unpaired) electrons. The molecule has 0 atom stereocenters. The average Bonchev–Trinajstić information content (AvgIpc) is 3.11. The highest BCUT2D eigenvalue weighted by Gasteiger charge is 2.17. The van der Waals surface area contributed by atoms with Gasteiger partial charge in [0.25, 0.3) is 0 Å². The van der Waals surface area contributed by atoms with E-state index in [0.29, 0.717) is 6.54 Å². The molecule has 2 aromatic heterocycles. The van der Waals surface area contributed by atoms with Gasteiger partial charge in [-0.05, 0) is 25.9 Å². The molecule has 3 rings (SSSR count). The largest absolute Gasteiger partial charge is 0.357 e. The van der Waals surface area contributed by atoms with Crippen molar-refractivity contribution >= 4 is 22.1 Å². The normalized spacial score (nSPS) is 16.5. The maximum Gasteiger partial charge on any atom is 0.195 e. The van der Waals surface area contributed by atoms with Gasteiger partial charge < -0.3 is 15.5 Å². The van der Waals surface area contributed by atoms with Crippen LogP contribution in [0.5, 0.6) is 0 Å². The highest BCUT2D eigenvalue weighted by Crippen LogP contribution is 2.23. The Labute approximate surface area is 117 Å². The summed E-state index contributed by atoms with van der Waals surface area (Å²) < 4.78 is 2.10. The van der Waals surface area contributed by atoms with E-state index in [1.165, 1.54) is 25.9 Å². The van der Waals surface area contributed by atoms with Gasteiger partial charge >= 0.3 is 0 Å². The van der Waals surface area contributed by atoms with Crippen LogP contribution in [0.2, 0.25) is 0 Å². The highest BCUT2D eigenvalue weighted by atomic mass is 32.1. The zero-order valence-electron chi connectivity index (χ0n) is 11.4. The number of nitrogens with zero attached hydrogens (tertiary/aromatic N) is 4. The minimum atomic E-state index is 0.529. The Morgan fingerprint density at radius 3 is 2.95 bits per heavy atom. The second-order valence-corrected chi connectivity index (χ2v) is 5.99. The van der Waals surface area contributed by atoms with Crippen LogP contribution < -0.4 is 10.6 Å². The SMILES string of the molecule is CN(CCN1CCCC1)c1nc2sccn2c1CN. The van der Waals surface area contributed by atoms with Gasteiger partial charge in [0, 0.05) is 38.3 Å². The number of aromatic nitrogens is 2. The van der Waals surface area contributed by atoms with Crippen LogP contribution in [0.1, 0.15) is 18.5 Å². The number of nitrogens with two attached hydrogens (primary N) is 1. The predicted molar refractivity (Wildman–Crippen MR) is 79.9 cm³/mol. The van der Waals surface area contributed by atoms with Crippen LogP contribution in [-0.4, -0.2) is 47.5 Å². The number of hydrogen-bond donors (Lipinski definition) is 1. The van der Waals surface area contributed by atoms with Crippen LogP contribution in [0.4, 0.5) is 5.82 Å². The van der Waals surface area contributed by atoms with Gasteiger partial charge in [-0.2, -0.15) is 0 Å². The Balaban J connectivity index is 1.72. The molecule has 0 amide bonds. The van der Waals surface area contributed by atoms with Crippen molar-refractivity contribution in [2.75, 3.05) is 38.1 Å². The summed E-state index contributed by atoms with van der Waals surface area (Å²) in [6, 6.07) is 0. The molecule has 5 nitrogen and oxygen atoms in total. The van der Waals surface area contributed by atoms with Crippen LogP contribution in [0.15, 0.2) is 11.6 Å². The van der Waals surface area contributed by atoms with Crippen molar-refractivity contribution in [1.82, 2.24) is 14.3 Å². The maximum atomic E-state index is 5.88. The summed E-state index contributed by atoms with van der Waals surface area (Å²) >= 11 is 1.66. The van der Waals surface area contributed by atoms with Gasteiger partial charge in [-0.1, -0.05) is 0 Å². The molecule has 104 valence electrons. The first kappa shape index (κ1) is 12.9. The molecule has 1 fully saturated rings. The molecule has 6 heteroatoms. The van der Waals surface area contributed by atoms with E-state index in [1.54, 1.807) is 11.3 Å². The van der Waals surface area contributed by atoms with E-state index >= 15 is 0 Å². The summed E-state index contributed by atoms with van der Waals surface area (Å²) in [4.78, 5) is 10.5. The third-order valence-corrected chi connectivity index (χ3v) is 4.60. The van der Waals surface area contributed by atoms with Gasteiger partial charge in [0.1, 0.15) is 0 Å². The monoisotopic (exact) mass is 279 g/mol. The second-order valence-electron chi connectivity index (χ2n) is 5.11. The number of likely N-dealkylation sites (tertiary alicyclic amines) is 1. The Morgan fingerprint density at radius 1 is 1.42 bits per heavy atom. The summed E-state index contributed by atoms with van der Waals surface area (Å²) in [6.07, 6.45) is 4.74. The molecule has 19 heavy (non-hydrogen) atoms. The van der Waals surface area contributed by atoms with Crippen LogP contribution in [0.25, 0.3) is 4.96 Å². The Morgan fingerprint density at radius 2 is 2.21 bits per heavy atom. The number of thiazole rings is 1. The van der Waals surface area contributed by atoms with Crippen LogP contribution in [-0.2, 0) is 6.54 Å². The number of likely N-dealkylation sites (N-methyl/N-ethyl adjacent to an activating group) is 1. The molecule has 0 aromatic carbocycles. The van der Waals surface area contributed by atoms with E-state index in [9.17, 15) is 0 Å². The predicted octanol–water partition coefficient (Wildman–Crippen LogP) is 1.39. The van der Waals surface area contributed by atoms with Crippen molar-refractivity contribution < 1.29 is 0 Å². The molecule has 2 aromatic rings. The van der Waals surface area contributed by atoms with E-state index in [2.05, 4.69) is 26.6 Å². The van der Waals surface area contributed by atoms with Crippen LogP contribution in [0.3, 0.4) is 0 Å². The number of fused-ring (bicyclic) bond motifs is 1. The van der Waals surface area contributed by atoms with Crippen molar-refractivity contribution in [3.8, 4) is 0 Å². The van der Waals surface area contributed by atoms with Crippen LogP contribution >= 0.6 is 11.3 Å². The van der Waals surface area contributed by atoms with E-state index in [-0.39, 0.29) is 0 Å². The standard InChI is InChI=1S/C13H21N5S/c1-16(6-7-17-4-2-3-5-17)12-11(10-14)18-8-9-19-13(18)15-12/h8-9H,2-7,10,14H2,1H3. The van der Waals surface area contributed by atoms with E-state index in [1.807, 2.05) is 6.20 Å². The Bertz CT molecular complexity index is 540. The van der Waals surface area contributed by atoms with Gasteiger partial charge in [0.05, 0.1) is 5.69 Å². The van der Waals surface area contributed by atoms with E-state index < -0.39 is 0 Å². The fourth-order valence-corrected chi connectivity index (χ4v) is 3.45. The third-order valence-electron chi connectivity index (χ3n) is 3.85. The molecule has 1 aliphatic heterocycles. The lowest BCUT2D eigenvalue weighted by Gasteiger charge is -2.22. The van der Waals surface area contributed by atoms with Crippen LogP contribution in [0, 0.1) is 0 Å². The molecule has 0 unspecified atom stereocenters. The highest BCUT2D eigenvalue weighted by molar-refractivity contribution is 7.15. The summed E-state index contributed by atoms with van der Waals surface area (Å²) in [6.45, 7) is 5.15. The fraction of sp³-hybridized carbons (Fsp3) is 0.615. The topological polar surface area (TPSA) is 49.8 Å². The minimum absolute atomic E-state index is 0.529. The molecule has 0 bridgehead atoms. The Hall–Kier alpha value is -1.11. The van der Waals surface area contributed by atoms with E-state index in [4.69, 9.17) is 10.7 Å². The van der Waals surface area contributed by atoms with Gasteiger partial charge in [-0.25, -0.2) is 4.98 Å².